The minimum atomic E-state index is -0.931. The number of hydrogen-bond acceptors (Lipinski definition) is 1. The van der Waals surface area contributed by atoms with Crippen molar-refractivity contribution in [2.45, 2.75) is 0 Å². The Hall–Kier alpha value is -2.35. The molecule has 84 valence electrons. The molecule has 0 aliphatic rings. The van der Waals surface area contributed by atoms with Gasteiger partial charge in [0.15, 0.2) is 0 Å². The van der Waals surface area contributed by atoms with Crippen molar-refractivity contribution in [2.75, 3.05) is 0 Å². The number of carbonyl (C=O) groups is 1. The van der Waals surface area contributed by atoms with Crippen LogP contribution in [0, 0.1) is 0 Å². The molecule has 0 aromatic heterocycles. The molecular formula is C15H12O2. The topological polar surface area (TPSA) is 37.3 Å². The summed E-state index contributed by atoms with van der Waals surface area (Å²) in [7, 11) is 0. The number of rotatable bonds is 3. The average Bonchev–Trinajstić information content (AvgIpc) is 2.36. The Kier molecular flexibility index (Phi) is 2.79. The Labute approximate surface area is 99.5 Å². The summed E-state index contributed by atoms with van der Waals surface area (Å²) in [5.74, 6) is -0.931. The van der Waals surface area contributed by atoms with Gasteiger partial charge in [0.2, 0.25) is 0 Å². The molecular weight excluding hydrogens is 212 g/mol. The summed E-state index contributed by atoms with van der Waals surface area (Å²) in [5, 5.41) is 10.9. The second kappa shape index (κ2) is 4.26. The standard InChI is InChI=1S/C15H12O2/c1-3-10-5-6-14-11(4-2)8-13(15(16)17)9-12(14)7-10/h3-9H,1-2H2,(H,16,17). The first-order chi connectivity index (χ1) is 8.15. The van der Waals surface area contributed by atoms with Crippen molar-refractivity contribution in [3.8, 4) is 0 Å². The molecule has 0 spiro atoms. The number of aromatic carboxylic acids is 1. The highest BCUT2D eigenvalue weighted by molar-refractivity contribution is 5.99. The quantitative estimate of drug-likeness (QED) is 0.860. The van der Waals surface area contributed by atoms with Crippen LogP contribution in [-0.2, 0) is 0 Å². The van der Waals surface area contributed by atoms with Crippen molar-refractivity contribution < 1.29 is 9.90 Å². The Morgan fingerprint density at radius 2 is 1.88 bits per heavy atom. The van der Waals surface area contributed by atoms with Crippen molar-refractivity contribution in [3.05, 3.63) is 60.2 Å². The van der Waals surface area contributed by atoms with E-state index in [1.165, 1.54) is 0 Å². The molecule has 0 bridgehead atoms. The number of hydrogen-bond donors (Lipinski definition) is 1. The lowest BCUT2D eigenvalue weighted by Crippen LogP contribution is -1.97. The molecule has 0 radical (unpaired) electrons. The third-order valence-electron chi connectivity index (χ3n) is 2.71. The fourth-order valence-electron chi connectivity index (χ4n) is 1.84. The first-order valence-corrected chi connectivity index (χ1v) is 5.21. The highest BCUT2D eigenvalue weighted by atomic mass is 16.4. The van der Waals surface area contributed by atoms with E-state index in [4.69, 9.17) is 5.11 Å². The van der Waals surface area contributed by atoms with Gasteiger partial charge in [0, 0.05) is 0 Å². The highest BCUT2D eigenvalue weighted by Gasteiger charge is 2.07. The van der Waals surface area contributed by atoms with E-state index in [9.17, 15) is 4.79 Å². The third-order valence-corrected chi connectivity index (χ3v) is 2.71. The zero-order valence-corrected chi connectivity index (χ0v) is 9.31. The van der Waals surface area contributed by atoms with Gasteiger partial charge in [0.1, 0.15) is 0 Å². The fraction of sp³-hybridized carbons (Fsp3) is 0. The van der Waals surface area contributed by atoms with Crippen molar-refractivity contribution in [1.82, 2.24) is 0 Å². The zero-order chi connectivity index (χ0) is 12.4. The van der Waals surface area contributed by atoms with Crippen LogP contribution >= 0.6 is 0 Å². The molecule has 2 heteroatoms. The van der Waals surface area contributed by atoms with Crippen molar-refractivity contribution in [3.63, 3.8) is 0 Å². The van der Waals surface area contributed by atoms with Gasteiger partial charge in [-0.1, -0.05) is 37.4 Å². The summed E-state index contributed by atoms with van der Waals surface area (Å²) in [5.41, 5.74) is 2.07. The Bertz CT molecular complexity index is 624. The van der Waals surface area contributed by atoms with Gasteiger partial charge in [0.05, 0.1) is 5.56 Å². The third kappa shape index (κ3) is 1.97. The maximum absolute atomic E-state index is 11.0. The van der Waals surface area contributed by atoms with E-state index < -0.39 is 5.97 Å². The van der Waals surface area contributed by atoms with E-state index >= 15 is 0 Å². The number of benzene rings is 2. The van der Waals surface area contributed by atoms with Crippen LogP contribution in [-0.4, -0.2) is 11.1 Å². The van der Waals surface area contributed by atoms with Gasteiger partial charge in [-0.05, 0) is 40.1 Å². The lowest BCUT2D eigenvalue weighted by atomic mass is 9.99. The Morgan fingerprint density at radius 1 is 1.12 bits per heavy atom. The molecule has 17 heavy (non-hydrogen) atoms. The predicted octanol–water partition coefficient (Wildman–Crippen LogP) is 3.82. The van der Waals surface area contributed by atoms with Gasteiger partial charge in [-0.25, -0.2) is 4.79 Å². The number of fused-ring (bicyclic) bond motifs is 1. The van der Waals surface area contributed by atoms with Crippen molar-refractivity contribution >= 4 is 28.9 Å². The molecule has 0 amide bonds. The lowest BCUT2D eigenvalue weighted by molar-refractivity contribution is 0.0697. The van der Waals surface area contributed by atoms with Crippen LogP contribution in [0.3, 0.4) is 0 Å². The van der Waals surface area contributed by atoms with Crippen molar-refractivity contribution in [2.24, 2.45) is 0 Å². The van der Waals surface area contributed by atoms with Gasteiger partial charge in [0.25, 0.3) is 0 Å². The minimum absolute atomic E-state index is 0.272. The van der Waals surface area contributed by atoms with Gasteiger partial charge in [-0.2, -0.15) is 0 Å². The minimum Gasteiger partial charge on any atom is -0.478 e. The van der Waals surface area contributed by atoms with Gasteiger partial charge in [-0.15, -0.1) is 0 Å². The van der Waals surface area contributed by atoms with E-state index in [2.05, 4.69) is 13.2 Å². The fourth-order valence-corrected chi connectivity index (χ4v) is 1.84. The van der Waals surface area contributed by atoms with E-state index in [1.807, 2.05) is 18.2 Å². The van der Waals surface area contributed by atoms with E-state index in [0.717, 1.165) is 21.9 Å². The highest BCUT2D eigenvalue weighted by Crippen LogP contribution is 2.24. The van der Waals surface area contributed by atoms with Crippen LogP contribution in [0.2, 0.25) is 0 Å². The molecule has 2 aromatic rings. The van der Waals surface area contributed by atoms with Crippen molar-refractivity contribution in [1.29, 1.82) is 0 Å². The summed E-state index contributed by atoms with van der Waals surface area (Å²) < 4.78 is 0. The van der Waals surface area contributed by atoms with Crippen LogP contribution in [0.1, 0.15) is 21.5 Å². The molecule has 0 heterocycles. The zero-order valence-electron chi connectivity index (χ0n) is 9.31. The monoisotopic (exact) mass is 224 g/mol. The molecule has 0 saturated heterocycles. The molecule has 0 saturated carbocycles. The largest absolute Gasteiger partial charge is 0.478 e. The van der Waals surface area contributed by atoms with Gasteiger partial charge >= 0.3 is 5.97 Å². The van der Waals surface area contributed by atoms with Gasteiger partial charge < -0.3 is 5.11 Å². The SMILES string of the molecule is C=Cc1ccc2c(C=C)cc(C(=O)O)cc2c1. The van der Waals surface area contributed by atoms with E-state index in [1.54, 1.807) is 24.3 Å². The molecule has 1 N–H and O–H groups in total. The molecule has 0 aliphatic heterocycles. The van der Waals surface area contributed by atoms with E-state index in [0.29, 0.717) is 0 Å². The smallest absolute Gasteiger partial charge is 0.335 e. The summed E-state index contributed by atoms with van der Waals surface area (Å²) >= 11 is 0. The predicted molar refractivity (Wildman–Crippen MR) is 71.1 cm³/mol. The van der Waals surface area contributed by atoms with Gasteiger partial charge in [-0.3, -0.25) is 0 Å². The molecule has 2 rings (SSSR count). The van der Waals surface area contributed by atoms with E-state index in [-0.39, 0.29) is 5.56 Å². The van der Waals surface area contributed by atoms with Crippen LogP contribution < -0.4 is 0 Å². The Balaban J connectivity index is 2.82. The second-order valence-electron chi connectivity index (χ2n) is 3.76. The number of carboxylic acid groups (broad SMARTS) is 1. The van der Waals surface area contributed by atoms with Crippen LogP contribution in [0.4, 0.5) is 0 Å². The van der Waals surface area contributed by atoms with Crippen LogP contribution in [0.15, 0.2) is 43.5 Å². The maximum atomic E-state index is 11.0. The molecule has 0 atom stereocenters. The lowest BCUT2D eigenvalue weighted by Gasteiger charge is -2.06. The Morgan fingerprint density at radius 3 is 2.47 bits per heavy atom. The first-order valence-electron chi connectivity index (χ1n) is 5.21. The molecule has 0 unspecified atom stereocenters. The van der Waals surface area contributed by atoms with Crippen LogP contribution in [0.25, 0.3) is 22.9 Å². The first kappa shape index (κ1) is 11.1. The molecule has 2 nitrogen and oxygen atoms in total. The van der Waals surface area contributed by atoms with Crippen LogP contribution in [0.5, 0.6) is 0 Å². The number of carboxylic acids is 1. The summed E-state index contributed by atoms with van der Waals surface area (Å²) in [4.78, 5) is 11.0. The molecule has 2 aromatic carbocycles. The summed E-state index contributed by atoms with van der Waals surface area (Å²) in [6.07, 6.45) is 3.41. The molecule has 0 aliphatic carbocycles. The normalized spacial score (nSPS) is 10.1. The maximum Gasteiger partial charge on any atom is 0.335 e. The summed E-state index contributed by atoms with van der Waals surface area (Å²) in [6, 6.07) is 9.11. The molecule has 0 fully saturated rings. The summed E-state index contributed by atoms with van der Waals surface area (Å²) in [6.45, 7) is 7.41. The average molecular weight is 224 g/mol. The second-order valence-corrected chi connectivity index (χ2v) is 3.76.